The second-order valence-electron chi connectivity index (χ2n) is 6.18. The molecular formula is C22H22O3S. The normalized spacial score (nSPS) is 11.9. The van der Waals surface area contributed by atoms with E-state index in [1.54, 1.807) is 23.5 Å². The number of hydrogen-bond donors (Lipinski definition) is 0. The van der Waals surface area contributed by atoms with Gasteiger partial charge in [0.25, 0.3) is 0 Å². The number of thiophene rings is 1. The Balaban J connectivity index is 1.52. The quantitative estimate of drug-likeness (QED) is 0.487. The molecule has 3 aromatic rings. The maximum absolute atomic E-state index is 12.4. The van der Waals surface area contributed by atoms with E-state index >= 15 is 0 Å². The number of carbonyl (C=O) groups excluding carboxylic acids is 1. The van der Waals surface area contributed by atoms with Crippen LogP contribution in [0.5, 0.6) is 5.75 Å². The summed E-state index contributed by atoms with van der Waals surface area (Å²) in [5.74, 6) is 0.719. The summed E-state index contributed by atoms with van der Waals surface area (Å²) >= 11 is 1.65. The van der Waals surface area contributed by atoms with Crippen LogP contribution in [-0.2, 0) is 11.3 Å². The van der Waals surface area contributed by atoms with Crippen molar-refractivity contribution in [1.29, 1.82) is 0 Å². The standard InChI is InChI=1S/C22H22O3S/c1-16-5-3-4-6-21(16)17(2)24-14-22(23)19-7-9-20(10-8-19)25-13-18-11-12-26-15-18/h3-12,15,17H,13-14H2,1-2H3. The third-order valence-corrected chi connectivity index (χ3v) is 4.98. The van der Waals surface area contributed by atoms with Crippen molar-refractivity contribution < 1.29 is 14.3 Å². The van der Waals surface area contributed by atoms with E-state index in [2.05, 4.69) is 5.38 Å². The number of hydrogen-bond acceptors (Lipinski definition) is 4. The summed E-state index contributed by atoms with van der Waals surface area (Å²) in [7, 11) is 0. The number of benzene rings is 2. The molecule has 26 heavy (non-hydrogen) atoms. The summed E-state index contributed by atoms with van der Waals surface area (Å²) in [5, 5.41) is 4.09. The van der Waals surface area contributed by atoms with Gasteiger partial charge in [-0.3, -0.25) is 4.79 Å². The lowest BCUT2D eigenvalue weighted by molar-refractivity contribution is 0.0518. The van der Waals surface area contributed by atoms with E-state index in [4.69, 9.17) is 9.47 Å². The fourth-order valence-corrected chi connectivity index (χ4v) is 3.35. The number of ether oxygens (including phenoxy) is 2. The van der Waals surface area contributed by atoms with Crippen molar-refractivity contribution in [2.45, 2.75) is 26.6 Å². The van der Waals surface area contributed by atoms with Gasteiger partial charge in [0.15, 0.2) is 5.78 Å². The molecule has 0 aliphatic carbocycles. The van der Waals surface area contributed by atoms with Gasteiger partial charge in [0, 0.05) is 5.56 Å². The molecule has 0 fully saturated rings. The summed E-state index contributed by atoms with van der Waals surface area (Å²) < 4.78 is 11.5. The van der Waals surface area contributed by atoms with Gasteiger partial charge in [0.2, 0.25) is 0 Å². The highest BCUT2D eigenvalue weighted by molar-refractivity contribution is 7.07. The van der Waals surface area contributed by atoms with Crippen molar-refractivity contribution in [2.24, 2.45) is 0 Å². The topological polar surface area (TPSA) is 35.5 Å². The maximum atomic E-state index is 12.4. The Morgan fingerprint density at radius 3 is 2.54 bits per heavy atom. The predicted molar refractivity (Wildman–Crippen MR) is 105 cm³/mol. The van der Waals surface area contributed by atoms with Gasteiger partial charge in [-0.05, 0) is 71.6 Å². The molecule has 0 aliphatic rings. The number of rotatable bonds is 8. The molecule has 1 aromatic heterocycles. The molecule has 0 radical (unpaired) electrons. The van der Waals surface area contributed by atoms with Crippen molar-refractivity contribution in [2.75, 3.05) is 6.61 Å². The lowest BCUT2D eigenvalue weighted by atomic mass is 10.0. The molecule has 1 unspecified atom stereocenters. The van der Waals surface area contributed by atoms with Crippen molar-refractivity contribution in [3.05, 3.63) is 87.6 Å². The van der Waals surface area contributed by atoms with Gasteiger partial charge in [-0.25, -0.2) is 0 Å². The van der Waals surface area contributed by atoms with E-state index in [0.29, 0.717) is 12.2 Å². The second-order valence-corrected chi connectivity index (χ2v) is 6.96. The van der Waals surface area contributed by atoms with E-state index < -0.39 is 0 Å². The highest BCUT2D eigenvalue weighted by Crippen LogP contribution is 2.21. The molecule has 3 rings (SSSR count). The zero-order chi connectivity index (χ0) is 18.4. The smallest absolute Gasteiger partial charge is 0.188 e. The molecule has 0 saturated carbocycles. The minimum absolute atomic E-state index is 0.0326. The Morgan fingerprint density at radius 2 is 1.85 bits per heavy atom. The van der Waals surface area contributed by atoms with Gasteiger partial charge in [0.1, 0.15) is 19.0 Å². The van der Waals surface area contributed by atoms with Crippen LogP contribution in [0.2, 0.25) is 0 Å². The van der Waals surface area contributed by atoms with Crippen LogP contribution >= 0.6 is 11.3 Å². The van der Waals surface area contributed by atoms with Gasteiger partial charge in [-0.15, -0.1) is 0 Å². The molecule has 0 amide bonds. The highest BCUT2D eigenvalue weighted by Gasteiger charge is 2.12. The van der Waals surface area contributed by atoms with E-state index in [1.807, 2.05) is 61.7 Å². The fraction of sp³-hybridized carbons (Fsp3) is 0.227. The summed E-state index contributed by atoms with van der Waals surface area (Å²) in [6.07, 6.45) is -0.117. The van der Waals surface area contributed by atoms with Crippen molar-refractivity contribution in [1.82, 2.24) is 0 Å². The number of aryl methyl sites for hydroxylation is 1. The van der Waals surface area contributed by atoms with Gasteiger partial charge in [-0.2, -0.15) is 11.3 Å². The number of carbonyl (C=O) groups is 1. The Labute approximate surface area is 158 Å². The van der Waals surface area contributed by atoms with Crippen LogP contribution in [-0.4, -0.2) is 12.4 Å². The van der Waals surface area contributed by atoms with Crippen LogP contribution in [0.25, 0.3) is 0 Å². The third kappa shape index (κ3) is 4.81. The van der Waals surface area contributed by atoms with Crippen LogP contribution in [0.15, 0.2) is 65.4 Å². The van der Waals surface area contributed by atoms with E-state index in [1.165, 1.54) is 5.56 Å². The fourth-order valence-electron chi connectivity index (χ4n) is 2.70. The average Bonchev–Trinajstić information content (AvgIpc) is 3.18. The lowest BCUT2D eigenvalue weighted by Crippen LogP contribution is -2.12. The Kier molecular flexibility index (Phi) is 6.21. The Morgan fingerprint density at radius 1 is 1.08 bits per heavy atom. The van der Waals surface area contributed by atoms with Gasteiger partial charge >= 0.3 is 0 Å². The van der Waals surface area contributed by atoms with Crippen molar-refractivity contribution >= 4 is 17.1 Å². The minimum atomic E-state index is -0.117. The first-order chi connectivity index (χ1) is 12.6. The third-order valence-electron chi connectivity index (χ3n) is 4.25. The summed E-state index contributed by atoms with van der Waals surface area (Å²) in [6, 6.07) is 17.3. The molecule has 4 heteroatoms. The van der Waals surface area contributed by atoms with Crippen LogP contribution in [0.3, 0.4) is 0 Å². The van der Waals surface area contributed by atoms with Crippen molar-refractivity contribution in [3.8, 4) is 5.75 Å². The summed E-state index contributed by atoms with van der Waals surface area (Å²) in [6.45, 7) is 4.61. The van der Waals surface area contributed by atoms with Gasteiger partial charge in [0.05, 0.1) is 6.10 Å². The van der Waals surface area contributed by atoms with Gasteiger partial charge < -0.3 is 9.47 Å². The first kappa shape index (κ1) is 18.4. The van der Waals surface area contributed by atoms with Crippen LogP contribution in [0, 0.1) is 6.92 Å². The molecule has 0 aliphatic heterocycles. The monoisotopic (exact) mass is 366 g/mol. The first-order valence-corrected chi connectivity index (χ1v) is 9.52. The number of Topliss-reactive ketones (excluding diaryl/α,β-unsaturated/α-hetero) is 1. The lowest BCUT2D eigenvalue weighted by Gasteiger charge is -2.15. The SMILES string of the molecule is Cc1ccccc1C(C)OCC(=O)c1ccc(OCc2ccsc2)cc1. The zero-order valence-electron chi connectivity index (χ0n) is 15.0. The second kappa shape index (κ2) is 8.79. The first-order valence-electron chi connectivity index (χ1n) is 8.58. The maximum Gasteiger partial charge on any atom is 0.188 e. The molecule has 2 aromatic carbocycles. The van der Waals surface area contributed by atoms with E-state index in [9.17, 15) is 4.79 Å². The minimum Gasteiger partial charge on any atom is -0.489 e. The van der Waals surface area contributed by atoms with Crippen molar-refractivity contribution in [3.63, 3.8) is 0 Å². The molecule has 0 bridgehead atoms. The van der Waals surface area contributed by atoms with E-state index in [-0.39, 0.29) is 18.5 Å². The molecule has 0 saturated heterocycles. The van der Waals surface area contributed by atoms with Crippen LogP contribution < -0.4 is 4.74 Å². The molecule has 1 atom stereocenters. The Bertz CT molecular complexity index is 838. The molecule has 1 heterocycles. The molecule has 0 spiro atoms. The average molecular weight is 366 g/mol. The number of ketones is 1. The zero-order valence-corrected chi connectivity index (χ0v) is 15.8. The highest BCUT2D eigenvalue weighted by atomic mass is 32.1. The predicted octanol–water partition coefficient (Wildman–Crippen LogP) is 5.60. The summed E-state index contributed by atoms with van der Waals surface area (Å²) in [5.41, 5.74) is 4.05. The van der Waals surface area contributed by atoms with E-state index in [0.717, 1.165) is 16.9 Å². The van der Waals surface area contributed by atoms with Gasteiger partial charge in [-0.1, -0.05) is 24.3 Å². The Hall–Kier alpha value is -2.43. The van der Waals surface area contributed by atoms with Crippen LogP contribution in [0.1, 0.15) is 40.1 Å². The van der Waals surface area contributed by atoms with Crippen LogP contribution in [0.4, 0.5) is 0 Å². The molecular weight excluding hydrogens is 344 g/mol. The summed E-state index contributed by atoms with van der Waals surface area (Å²) in [4.78, 5) is 12.4. The largest absolute Gasteiger partial charge is 0.489 e. The molecule has 0 N–H and O–H groups in total. The molecule has 134 valence electrons. The molecule has 3 nitrogen and oxygen atoms in total.